The second-order valence-electron chi connectivity index (χ2n) is 4.21. The molecule has 1 unspecified atom stereocenters. The molecule has 0 N–H and O–H groups in total. The average Bonchev–Trinajstić information content (AvgIpc) is 2.60. The van der Waals surface area contributed by atoms with Gasteiger partial charge in [0.1, 0.15) is 5.52 Å². The summed E-state index contributed by atoms with van der Waals surface area (Å²) in [6.45, 7) is 6.42. The number of hydrogen-bond donors (Lipinski definition) is 0. The zero-order valence-corrected chi connectivity index (χ0v) is 9.58. The first-order valence-electron chi connectivity index (χ1n) is 5.57. The van der Waals surface area contributed by atoms with Crippen molar-refractivity contribution in [2.45, 2.75) is 39.5 Å². The highest BCUT2D eigenvalue weighted by atomic mass is 16.3. The van der Waals surface area contributed by atoms with Gasteiger partial charge >= 0.3 is 0 Å². The van der Waals surface area contributed by atoms with Crippen LogP contribution in [0.4, 0.5) is 0 Å². The lowest BCUT2D eigenvalue weighted by molar-refractivity contribution is 0.467. The lowest BCUT2D eigenvalue weighted by Crippen LogP contribution is -1.91. The molecule has 0 radical (unpaired) electrons. The molecule has 1 heterocycles. The van der Waals surface area contributed by atoms with Crippen molar-refractivity contribution in [3.05, 3.63) is 29.7 Å². The standard InChI is InChI=1S/C13H17NO/c1-4-5-10(3)13-14-11-7-6-9(2)8-12(11)15-13/h6-8,10H,4-5H2,1-3H3. The molecule has 0 aliphatic heterocycles. The summed E-state index contributed by atoms with van der Waals surface area (Å²) < 4.78 is 5.75. The Kier molecular flexibility index (Phi) is 2.76. The Bertz CT molecular complexity index is 459. The Balaban J connectivity index is 2.38. The van der Waals surface area contributed by atoms with Gasteiger partial charge < -0.3 is 4.42 Å². The maximum absolute atomic E-state index is 5.75. The van der Waals surface area contributed by atoms with Crippen LogP contribution in [0.2, 0.25) is 0 Å². The van der Waals surface area contributed by atoms with Crippen LogP contribution < -0.4 is 0 Å². The number of oxazole rings is 1. The predicted molar refractivity (Wildman–Crippen MR) is 62.1 cm³/mol. The first kappa shape index (κ1) is 10.2. The summed E-state index contributed by atoms with van der Waals surface area (Å²) in [5.74, 6) is 1.29. The van der Waals surface area contributed by atoms with Gasteiger partial charge in [0.15, 0.2) is 11.5 Å². The third kappa shape index (κ3) is 2.04. The summed E-state index contributed by atoms with van der Waals surface area (Å²) in [6, 6.07) is 6.14. The van der Waals surface area contributed by atoms with E-state index in [0.717, 1.165) is 23.4 Å². The molecule has 0 saturated heterocycles. The van der Waals surface area contributed by atoms with Gasteiger partial charge in [-0.2, -0.15) is 0 Å². The number of fused-ring (bicyclic) bond motifs is 1. The molecule has 0 aliphatic carbocycles. The van der Waals surface area contributed by atoms with E-state index in [2.05, 4.69) is 31.8 Å². The molecule has 15 heavy (non-hydrogen) atoms. The molecule has 2 heteroatoms. The van der Waals surface area contributed by atoms with Gasteiger partial charge in [0, 0.05) is 5.92 Å². The first-order chi connectivity index (χ1) is 7.20. The normalized spacial score (nSPS) is 13.3. The Morgan fingerprint density at radius 3 is 2.93 bits per heavy atom. The Morgan fingerprint density at radius 1 is 1.40 bits per heavy atom. The van der Waals surface area contributed by atoms with Gasteiger partial charge in [-0.15, -0.1) is 0 Å². The van der Waals surface area contributed by atoms with Gasteiger partial charge in [0.25, 0.3) is 0 Å². The molecule has 80 valence electrons. The molecule has 0 bridgehead atoms. The third-order valence-electron chi connectivity index (χ3n) is 2.70. The lowest BCUT2D eigenvalue weighted by Gasteiger charge is -2.02. The van der Waals surface area contributed by atoms with E-state index in [1.54, 1.807) is 0 Å². The van der Waals surface area contributed by atoms with Gasteiger partial charge in [-0.25, -0.2) is 4.98 Å². The van der Waals surface area contributed by atoms with Crippen molar-refractivity contribution in [1.29, 1.82) is 0 Å². The zero-order valence-electron chi connectivity index (χ0n) is 9.58. The van der Waals surface area contributed by atoms with Crippen LogP contribution in [0.5, 0.6) is 0 Å². The van der Waals surface area contributed by atoms with E-state index in [-0.39, 0.29) is 0 Å². The van der Waals surface area contributed by atoms with E-state index >= 15 is 0 Å². The zero-order chi connectivity index (χ0) is 10.8. The molecule has 0 aliphatic rings. The van der Waals surface area contributed by atoms with Gasteiger partial charge in [0.2, 0.25) is 0 Å². The second kappa shape index (κ2) is 4.05. The maximum atomic E-state index is 5.75. The second-order valence-corrected chi connectivity index (χ2v) is 4.21. The van der Waals surface area contributed by atoms with Crippen LogP contribution in [-0.4, -0.2) is 4.98 Å². The van der Waals surface area contributed by atoms with Gasteiger partial charge in [-0.05, 0) is 31.0 Å². The van der Waals surface area contributed by atoms with E-state index in [1.807, 2.05) is 12.1 Å². The minimum Gasteiger partial charge on any atom is -0.440 e. The largest absolute Gasteiger partial charge is 0.440 e. The van der Waals surface area contributed by atoms with Crippen LogP contribution >= 0.6 is 0 Å². The molecule has 1 atom stereocenters. The van der Waals surface area contributed by atoms with Gasteiger partial charge in [0.05, 0.1) is 0 Å². The van der Waals surface area contributed by atoms with Crippen molar-refractivity contribution >= 4 is 11.1 Å². The van der Waals surface area contributed by atoms with Crippen LogP contribution in [0.25, 0.3) is 11.1 Å². The van der Waals surface area contributed by atoms with E-state index in [9.17, 15) is 0 Å². The van der Waals surface area contributed by atoms with Crippen LogP contribution in [0.3, 0.4) is 0 Å². The lowest BCUT2D eigenvalue weighted by atomic mass is 10.1. The quantitative estimate of drug-likeness (QED) is 0.752. The topological polar surface area (TPSA) is 26.0 Å². The van der Waals surface area contributed by atoms with E-state index in [0.29, 0.717) is 5.92 Å². The highest BCUT2D eigenvalue weighted by molar-refractivity contribution is 5.73. The summed E-state index contributed by atoms with van der Waals surface area (Å²) in [6.07, 6.45) is 2.30. The monoisotopic (exact) mass is 203 g/mol. The van der Waals surface area contributed by atoms with E-state index in [4.69, 9.17) is 4.42 Å². The average molecular weight is 203 g/mol. The van der Waals surface area contributed by atoms with Crippen LogP contribution in [-0.2, 0) is 0 Å². The molecule has 0 amide bonds. The number of hydrogen-bond acceptors (Lipinski definition) is 2. The fraction of sp³-hybridized carbons (Fsp3) is 0.462. The van der Waals surface area contributed by atoms with Crippen LogP contribution in [0.15, 0.2) is 22.6 Å². The third-order valence-corrected chi connectivity index (χ3v) is 2.70. The van der Waals surface area contributed by atoms with Crippen molar-refractivity contribution in [3.8, 4) is 0 Å². The maximum Gasteiger partial charge on any atom is 0.198 e. The highest BCUT2D eigenvalue weighted by Crippen LogP contribution is 2.24. The van der Waals surface area contributed by atoms with Gasteiger partial charge in [-0.3, -0.25) is 0 Å². The highest BCUT2D eigenvalue weighted by Gasteiger charge is 2.12. The Morgan fingerprint density at radius 2 is 2.20 bits per heavy atom. The molecule has 2 aromatic rings. The molecule has 0 fully saturated rings. The molecular weight excluding hydrogens is 186 g/mol. The van der Waals surface area contributed by atoms with Crippen LogP contribution in [0, 0.1) is 6.92 Å². The number of benzene rings is 1. The number of rotatable bonds is 3. The molecule has 1 aromatic heterocycles. The SMILES string of the molecule is CCCC(C)c1nc2ccc(C)cc2o1. The Hall–Kier alpha value is -1.31. The number of nitrogens with zero attached hydrogens (tertiary/aromatic N) is 1. The summed E-state index contributed by atoms with van der Waals surface area (Å²) in [5.41, 5.74) is 3.10. The molecule has 0 saturated carbocycles. The summed E-state index contributed by atoms with van der Waals surface area (Å²) in [7, 11) is 0. The summed E-state index contributed by atoms with van der Waals surface area (Å²) in [4.78, 5) is 4.51. The van der Waals surface area contributed by atoms with Crippen molar-refractivity contribution in [1.82, 2.24) is 4.98 Å². The molecule has 1 aromatic carbocycles. The summed E-state index contributed by atoms with van der Waals surface area (Å²) >= 11 is 0. The fourth-order valence-corrected chi connectivity index (χ4v) is 1.82. The molecule has 2 nitrogen and oxygen atoms in total. The molecule has 2 rings (SSSR count). The minimum atomic E-state index is 0.419. The molecular formula is C13H17NO. The number of aryl methyl sites for hydroxylation is 1. The van der Waals surface area contributed by atoms with Crippen molar-refractivity contribution < 1.29 is 4.42 Å². The van der Waals surface area contributed by atoms with Gasteiger partial charge in [-0.1, -0.05) is 26.3 Å². The smallest absolute Gasteiger partial charge is 0.198 e. The minimum absolute atomic E-state index is 0.419. The predicted octanol–water partition coefficient (Wildman–Crippen LogP) is 4.04. The summed E-state index contributed by atoms with van der Waals surface area (Å²) in [5, 5.41) is 0. The van der Waals surface area contributed by atoms with E-state index < -0.39 is 0 Å². The Labute approximate surface area is 90.3 Å². The van der Waals surface area contributed by atoms with Crippen molar-refractivity contribution in [3.63, 3.8) is 0 Å². The first-order valence-corrected chi connectivity index (χ1v) is 5.57. The fourth-order valence-electron chi connectivity index (χ4n) is 1.82. The van der Waals surface area contributed by atoms with Crippen LogP contribution in [0.1, 0.15) is 44.1 Å². The molecule has 0 spiro atoms. The van der Waals surface area contributed by atoms with E-state index in [1.165, 1.54) is 12.0 Å². The number of aromatic nitrogens is 1. The van der Waals surface area contributed by atoms with Crippen molar-refractivity contribution in [2.24, 2.45) is 0 Å². The van der Waals surface area contributed by atoms with Crippen molar-refractivity contribution in [2.75, 3.05) is 0 Å².